The van der Waals surface area contributed by atoms with E-state index in [0.29, 0.717) is 0 Å². The van der Waals surface area contributed by atoms with Crippen LogP contribution in [0.1, 0.15) is 17.3 Å². The first-order valence-corrected chi connectivity index (χ1v) is 4.20. The van der Waals surface area contributed by atoms with Crippen LogP contribution in [0, 0.1) is 5.82 Å². The van der Waals surface area contributed by atoms with Gasteiger partial charge in [-0.3, -0.25) is 4.79 Å². The zero-order valence-electron chi connectivity index (χ0n) is 8.35. The van der Waals surface area contributed by atoms with Gasteiger partial charge in [-0.1, -0.05) is 11.2 Å². The zero-order chi connectivity index (χ0) is 11.7. The summed E-state index contributed by atoms with van der Waals surface area (Å²) in [5, 5.41) is 10.6. The summed E-state index contributed by atoms with van der Waals surface area (Å²) in [5.74, 6) is -0.870. The SMILES string of the molecule is C=CC.O=C(C=NO)c1ccc(F)cc1. The largest absolute Gasteiger partial charge is 0.411 e. The van der Waals surface area contributed by atoms with Crippen LogP contribution in [0.3, 0.4) is 0 Å². The second kappa shape index (κ2) is 7.44. The average molecular weight is 209 g/mol. The van der Waals surface area contributed by atoms with Crippen molar-refractivity contribution in [2.75, 3.05) is 0 Å². The molecule has 0 aliphatic heterocycles. The Morgan fingerprint density at radius 1 is 1.47 bits per heavy atom. The van der Waals surface area contributed by atoms with Gasteiger partial charge < -0.3 is 5.21 Å². The van der Waals surface area contributed by atoms with Crippen LogP contribution in [0.25, 0.3) is 0 Å². The van der Waals surface area contributed by atoms with Crippen LogP contribution >= 0.6 is 0 Å². The predicted octanol–water partition coefficient (Wildman–Crippen LogP) is 2.66. The van der Waals surface area contributed by atoms with Gasteiger partial charge >= 0.3 is 0 Å². The van der Waals surface area contributed by atoms with E-state index in [1.54, 1.807) is 6.08 Å². The van der Waals surface area contributed by atoms with E-state index in [4.69, 9.17) is 5.21 Å². The van der Waals surface area contributed by atoms with E-state index >= 15 is 0 Å². The molecule has 1 N–H and O–H groups in total. The van der Waals surface area contributed by atoms with Crippen molar-refractivity contribution in [2.24, 2.45) is 5.16 Å². The molecular formula is C11H12FNO2. The summed E-state index contributed by atoms with van der Waals surface area (Å²) in [7, 11) is 0. The van der Waals surface area contributed by atoms with Gasteiger partial charge in [-0.15, -0.1) is 6.58 Å². The number of oxime groups is 1. The fourth-order valence-electron chi connectivity index (χ4n) is 0.741. The summed E-state index contributed by atoms with van der Waals surface area (Å²) in [6.07, 6.45) is 2.51. The smallest absolute Gasteiger partial charge is 0.207 e. The molecule has 80 valence electrons. The Hall–Kier alpha value is -1.97. The van der Waals surface area contributed by atoms with Gasteiger partial charge in [0.15, 0.2) is 0 Å². The van der Waals surface area contributed by atoms with Crippen LogP contribution in [0.15, 0.2) is 42.1 Å². The van der Waals surface area contributed by atoms with E-state index in [1.807, 2.05) is 6.92 Å². The molecule has 0 amide bonds. The molecule has 0 unspecified atom stereocenters. The lowest BCUT2D eigenvalue weighted by molar-refractivity contribution is 0.106. The second-order valence-corrected chi connectivity index (χ2v) is 2.52. The number of Topliss-reactive ketones (excluding diaryl/α,β-unsaturated/α-hetero) is 1. The van der Waals surface area contributed by atoms with E-state index in [9.17, 15) is 9.18 Å². The predicted molar refractivity (Wildman–Crippen MR) is 56.9 cm³/mol. The minimum atomic E-state index is -0.461. The quantitative estimate of drug-likeness (QED) is 0.267. The summed E-state index contributed by atoms with van der Waals surface area (Å²) in [6.45, 7) is 5.25. The fraction of sp³-hybridized carbons (Fsp3) is 0.0909. The topological polar surface area (TPSA) is 49.7 Å². The Balaban J connectivity index is 0.000000583. The number of ketones is 1. The molecule has 0 aliphatic rings. The van der Waals surface area contributed by atoms with Crippen molar-refractivity contribution in [3.8, 4) is 0 Å². The standard InChI is InChI=1S/C8H6FNO2.C3H6/c9-7-3-1-6(2-4-7)8(11)5-10-12;1-3-2/h1-5,12H;3H,1H2,2H3. The fourth-order valence-corrected chi connectivity index (χ4v) is 0.741. The maximum Gasteiger partial charge on any atom is 0.207 e. The minimum absolute atomic E-state index is 0.286. The molecule has 1 aromatic rings. The number of carbonyl (C=O) groups excluding carboxylic acids is 1. The number of nitrogens with zero attached hydrogens (tertiary/aromatic N) is 1. The van der Waals surface area contributed by atoms with Gasteiger partial charge in [0.1, 0.15) is 12.0 Å². The van der Waals surface area contributed by atoms with Crippen LogP contribution in [-0.2, 0) is 0 Å². The van der Waals surface area contributed by atoms with Gasteiger partial charge in [-0.05, 0) is 31.2 Å². The number of rotatable bonds is 2. The number of carbonyl (C=O) groups is 1. The summed E-state index contributed by atoms with van der Waals surface area (Å²) in [4.78, 5) is 10.9. The highest BCUT2D eigenvalue weighted by Gasteiger charge is 2.01. The van der Waals surface area contributed by atoms with Gasteiger partial charge in [0.2, 0.25) is 5.78 Å². The van der Waals surface area contributed by atoms with Gasteiger partial charge in [-0.2, -0.15) is 0 Å². The molecule has 0 saturated carbocycles. The van der Waals surface area contributed by atoms with E-state index in [1.165, 1.54) is 24.3 Å². The van der Waals surface area contributed by atoms with Crippen LogP contribution in [0.5, 0.6) is 0 Å². The summed E-state index contributed by atoms with van der Waals surface area (Å²) in [6, 6.07) is 4.97. The molecule has 0 fully saturated rings. The molecule has 0 saturated heterocycles. The molecule has 0 heterocycles. The van der Waals surface area contributed by atoms with Crippen molar-refractivity contribution in [2.45, 2.75) is 6.92 Å². The van der Waals surface area contributed by atoms with Gasteiger partial charge in [0, 0.05) is 5.56 Å². The lowest BCUT2D eigenvalue weighted by Gasteiger charge is -1.92. The van der Waals surface area contributed by atoms with Gasteiger partial charge in [0.25, 0.3) is 0 Å². The average Bonchev–Trinajstić information content (AvgIpc) is 2.20. The Kier molecular flexibility index (Phi) is 6.46. The van der Waals surface area contributed by atoms with Crippen molar-refractivity contribution in [3.05, 3.63) is 48.3 Å². The minimum Gasteiger partial charge on any atom is -0.411 e. The first-order valence-electron chi connectivity index (χ1n) is 4.20. The number of hydrogen-bond acceptors (Lipinski definition) is 3. The number of hydrogen-bond donors (Lipinski definition) is 1. The Morgan fingerprint density at radius 2 is 1.93 bits per heavy atom. The van der Waals surface area contributed by atoms with E-state index < -0.39 is 11.6 Å². The molecule has 0 aliphatic carbocycles. The number of benzene rings is 1. The second-order valence-electron chi connectivity index (χ2n) is 2.52. The third-order valence-electron chi connectivity index (χ3n) is 1.30. The molecule has 3 nitrogen and oxygen atoms in total. The number of halogens is 1. The molecule has 0 spiro atoms. The van der Waals surface area contributed by atoms with Crippen LogP contribution in [0.2, 0.25) is 0 Å². The lowest BCUT2D eigenvalue weighted by Crippen LogP contribution is -1.99. The third kappa shape index (κ3) is 5.36. The van der Waals surface area contributed by atoms with Crippen LogP contribution < -0.4 is 0 Å². The Bertz CT molecular complexity index is 344. The normalized spacial score (nSPS) is 9.20. The first-order chi connectivity index (χ1) is 7.15. The van der Waals surface area contributed by atoms with Crippen molar-refractivity contribution >= 4 is 12.0 Å². The Morgan fingerprint density at radius 3 is 2.33 bits per heavy atom. The van der Waals surface area contributed by atoms with E-state index in [0.717, 1.165) is 6.21 Å². The van der Waals surface area contributed by atoms with Crippen molar-refractivity contribution in [1.29, 1.82) is 0 Å². The summed E-state index contributed by atoms with van der Waals surface area (Å²) in [5.41, 5.74) is 0.286. The zero-order valence-corrected chi connectivity index (χ0v) is 8.35. The maximum atomic E-state index is 12.3. The molecule has 0 atom stereocenters. The maximum absolute atomic E-state index is 12.3. The van der Waals surface area contributed by atoms with E-state index in [-0.39, 0.29) is 5.56 Å². The molecule has 0 radical (unpaired) electrons. The van der Waals surface area contributed by atoms with Gasteiger partial charge in [-0.25, -0.2) is 4.39 Å². The highest BCUT2D eigenvalue weighted by atomic mass is 19.1. The third-order valence-corrected chi connectivity index (χ3v) is 1.30. The molecule has 4 heteroatoms. The van der Waals surface area contributed by atoms with Gasteiger partial charge in [0.05, 0.1) is 0 Å². The lowest BCUT2D eigenvalue weighted by atomic mass is 10.1. The van der Waals surface area contributed by atoms with Crippen LogP contribution in [-0.4, -0.2) is 17.2 Å². The molecule has 15 heavy (non-hydrogen) atoms. The molecule has 0 aromatic heterocycles. The van der Waals surface area contributed by atoms with Crippen molar-refractivity contribution in [1.82, 2.24) is 0 Å². The highest BCUT2D eigenvalue weighted by Crippen LogP contribution is 2.02. The highest BCUT2D eigenvalue weighted by molar-refractivity contribution is 6.35. The summed E-state index contributed by atoms with van der Waals surface area (Å²) >= 11 is 0. The number of allylic oxidation sites excluding steroid dienone is 1. The molecule has 0 bridgehead atoms. The molecular weight excluding hydrogens is 197 g/mol. The summed E-state index contributed by atoms with van der Waals surface area (Å²) < 4.78 is 12.3. The molecule has 1 rings (SSSR count). The van der Waals surface area contributed by atoms with Crippen LogP contribution in [0.4, 0.5) is 4.39 Å². The Labute approximate surface area is 87.5 Å². The van der Waals surface area contributed by atoms with Crippen molar-refractivity contribution in [3.63, 3.8) is 0 Å². The molecule has 1 aromatic carbocycles. The monoisotopic (exact) mass is 209 g/mol. The van der Waals surface area contributed by atoms with Crippen molar-refractivity contribution < 1.29 is 14.4 Å². The van der Waals surface area contributed by atoms with E-state index in [2.05, 4.69) is 11.7 Å². The first kappa shape index (κ1) is 13.0.